The lowest BCUT2D eigenvalue weighted by molar-refractivity contribution is 0.00634. The van der Waals surface area contributed by atoms with Crippen LogP contribution < -0.4 is 0 Å². The molecule has 1 aliphatic rings. The molecule has 4 rings (SSSR count). The van der Waals surface area contributed by atoms with Crippen molar-refractivity contribution in [3.63, 3.8) is 0 Å². The molecule has 1 N–H and O–H groups in total. The van der Waals surface area contributed by atoms with Gasteiger partial charge in [0.1, 0.15) is 11.2 Å². The van der Waals surface area contributed by atoms with E-state index in [1.165, 1.54) is 11.8 Å². The van der Waals surface area contributed by atoms with Gasteiger partial charge in [-0.05, 0) is 57.1 Å². The van der Waals surface area contributed by atoms with Crippen molar-refractivity contribution >= 4 is 29.2 Å². The molecular formula is C22H25ClN4O4. The van der Waals surface area contributed by atoms with Crippen LogP contribution in [-0.2, 0) is 15.4 Å². The van der Waals surface area contributed by atoms with Crippen LogP contribution in [0.4, 0.5) is 0 Å². The Balaban J connectivity index is 1.26. The largest absolute Gasteiger partial charge is 0.460 e. The molecule has 0 spiro atoms. The Morgan fingerprint density at radius 3 is 2.77 bits per heavy atom. The maximum atomic E-state index is 12.2. The lowest BCUT2D eigenvalue weighted by Crippen LogP contribution is -2.24. The predicted octanol–water partition coefficient (Wildman–Crippen LogP) is 4.10. The van der Waals surface area contributed by atoms with Crippen molar-refractivity contribution in [1.82, 2.24) is 19.4 Å². The van der Waals surface area contributed by atoms with Gasteiger partial charge in [0.05, 0.1) is 18.2 Å². The molecule has 0 amide bonds. The SMILES string of the molecule is CC(C)(C)OC(=O)c1c[nH]c(C(=O)OCCC2CC2c2ccc3nc(CCl)cn3c2)n1. The van der Waals surface area contributed by atoms with E-state index >= 15 is 0 Å². The average molecular weight is 445 g/mol. The molecule has 0 aliphatic heterocycles. The molecule has 0 radical (unpaired) electrons. The first-order valence-electron chi connectivity index (χ1n) is 10.2. The van der Waals surface area contributed by atoms with Gasteiger partial charge >= 0.3 is 11.9 Å². The number of carbonyl (C=O) groups is 2. The lowest BCUT2D eigenvalue weighted by atomic mass is 10.1. The van der Waals surface area contributed by atoms with Crippen LogP contribution in [0.25, 0.3) is 5.65 Å². The van der Waals surface area contributed by atoms with Crippen LogP contribution in [0.5, 0.6) is 0 Å². The number of H-pyrrole nitrogens is 1. The molecule has 1 aliphatic carbocycles. The highest BCUT2D eigenvalue weighted by atomic mass is 35.5. The summed E-state index contributed by atoms with van der Waals surface area (Å²) in [6, 6.07) is 4.10. The molecule has 0 aromatic carbocycles. The molecule has 3 heterocycles. The standard InChI is InChI=1S/C22H25ClN4O4/c1-22(2,3)31-20(28)17-10-24-19(26-17)21(29)30-7-6-13-8-16(13)14-4-5-18-25-15(9-23)12-27(18)11-14/h4-5,10-13,16H,6-9H2,1-3H3,(H,24,26). The highest BCUT2D eigenvalue weighted by molar-refractivity contribution is 6.16. The third-order valence-corrected chi connectivity index (χ3v) is 5.39. The Morgan fingerprint density at radius 1 is 1.23 bits per heavy atom. The zero-order valence-corrected chi connectivity index (χ0v) is 18.5. The number of fused-ring (bicyclic) bond motifs is 1. The molecule has 3 aromatic rings. The van der Waals surface area contributed by atoms with E-state index in [-0.39, 0.29) is 11.5 Å². The Hall–Kier alpha value is -2.87. The van der Waals surface area contributed by atoms with Gasteiger partial charge in [0.2, 0.25) is 5.82 Å². The molecule has 164 valence electrons. The van der Waals surface area contributed by atoms with E-state index in [1.54, 1.807) is 20.8 Å². The average Bonchev–Trinajstić information content (AvgIpc) is 3.14. The molecule has 31 heavy (non-hydrogen) atoms. The van der Waals surface area contributed by atoms with Gasteiger partial charge in [0.25, 0.3) is 0 Å². The predicted molar refractivity (Wildman–Crippen MR) is 114 cm³/mol. The second kappa shape index (κ2) is 8.34. The summed E-state index contributed by atoms with van der Waals surface area (Å²) < 4.78 is 12.6. The first kappa shape index (κ1) is 21.4. The highest BCUT2D eigenvalue weighted by Crippen LogP contribution is 2.49. The molecule has 0 saturated heterocycles. The number of aromatic amines is 1. The first-order valence-corrected chi connectivity index (χ1v) is 10.8. The van der Waals surface area contributed by atoms with Crippen LogP contribution in [0.15, 0.2) is 30.7 Å². The number of pyridine rings is 1. The van der Waals surface area contributed by atoms with E-state index in [4.69, 9.17) is 21.1 Å². The van der Waals surface area contributed by atoms with Crippen molar-refractivity contribution < 1.29 is 19.1 Å². The van der Waals surface area contributed by atoms with Crippen molar-refractivity contribution in [2.45, 2.75) is 51.0 Å². The smallest absolute Gasteiger partial charge is 0.374 e. The number of aromatic nitrogens is 4. The molecule has 3 aromatic heterocycles. The maximum absolute atomic E-state index is 12.2. The van der Waals surface area contributed by atoms with Crippen LogP contribution in [0, 0.1) is 5.92 Å². The minimum atomic E-state index is -0.633. The molecule has 1 fully saturated rings. The second-order valence-electron chi connectivity index (χ2n) is 8.76. The molecule has 1 saturated carbocycles. The van der Waals surface area contributed by atoms with Crippen LogP contribution >= 0.6 is 11.6 Å². The number of alkyl halides is 1. The second-order valence-corrected chi connectivity index (χ2v) is 9.02. The van der Waals surface area contributed by atoms with E-state index in [1.807, 2.05) is 16.7 Å². The van der Waals surface area contributed by atoms with Gasteiger partial charge in [-0.1, -0.05) is 6.07 Å². The number of nitrogens with zero attached hydrogens (tertiary/aromatic N) is 3. The van der Waals surface area contributed by atoms with Gasteiger partial charge in [-0.3, -0.25) is 0 Å². The molecule has 0 bridgehead atoms. The quantitative estimate of drug-likeness (QED) is 0.435. The monoisotopic (exact) mass is 444 g/mol. The minimum Gasteiger partial charge on any atom is -0.460 e. The van der Waals surface area contributed by atoms with Crippen molar-refractivity contribution in [1.29, 1.82) is 0 Å². The van der Waals surface area contributed by atoms with Crippen LogP contribution in [0.3, 0.4) is 0 Å². The number of rotatable bonds is 7. The van der Waals surface area contributed by atoms with Crippen molar-refractivity contribution in [2.24, 2.45) is 5.92 Å². The summed E-state index contributed by atoms with van der Waals surface area (Å²) in [5.74, 6) is 0.136. The number of imidazole rings is 2. The Morgan fingerprint density at radius 2 is 2.03 bits per heavy atom. The fourth-order valence-electron chi connectivity index (χ4n) is 3.55. The summed E-state index contributed by atoms with van der Waals surface area (Å²) in [5.41, 5.74) is 2.40. The number of hydrogen-bond acceptors (Lipinski definition) is 6. The lowest BCUT2D eigenvalue weighted by Gasteiger charge is -2.18. The van der Waals surface area contributed by atoms with E-state index < -0.39 is 17.5 Å². The summed E-state index contributed by atoms with van der Waals surface area (Å²) >= 11 is 5.86. The summed E-state index contributed by atoms with van der Waals surface area (Å²) in [4.78, 5) is 35.3. The topological polar surface area (TPSA) is 98.6 Å². The number of ether oxygens (including phenoxy) is 2. The number of halogens is 1. The Labute approximate surface area is 184 Å². The van der Waals surface area contributed by atoms with E-state index in [0.29, 0.717) is 24.3 Å². The Kier molecular flexibility index (Phi) is 5.75. The number of esters is 2. The van der Waals surface area contributed by atoms with E-state index in [2.05, 4.69) is 27.2 Å². The molecular weight excluding hydrogens is 420 g/mol. The Bertz CT molecular complexity index is 1110. The summed E-state index contributed by atoms with van der Waals surface area (Å²) in [6.45, 7) is 5.60. The fraction of sp³-hybridized carbons (Fsp3) is 0.455. The number of carbonyl (C=O) groups excluding carboxylic acids is 2. The van der Waals surface area contributed by atoms with Gasteiger partial charge in [-0.2, -0.15) is 0 Å². The van der Waals surface area contributed by atoms with Crippen molar-refractivity contribution in [2.75, 3.05) is 6.61 Å². The van der Waals surface area contributed by atoms with E-state index in [9.17, 15) is 9.59 Å². The molecule has 9 heteroatoms. The van der Waals surface area contributed by atoms with Crippen LogP contribution in [-0.4, -0.2) is 43.5 Å². The third kappa shape index (κ3) is 5.07. The summed E-state index contributed by atoms with van der Waals surface area (Å²) in [5, 5.41) is 0. The van der Waals surface area contributed by atoms with Gasteiger partial charge in [-0.25, -0.2) is 19.6 Å². The van der Waals surface area contributed by atoms with E-state index in [0.717, 1.165) is 24.2 Å². The molecule has 2 atom stereocenters. The van der Waals surface area contributed by atoms with Gasteiger partial charge in [0, 0.05) is 18.6 Å². The summed E-state index contributed by atoms with van der Waals surface area (Å²) in [6.07, 6.45) is 7.22. The fourth-order valence-corrected chi connectivity index (χ4v) is 3.68. The molecule has 8 nitrogen and oxygen atoms in total. The number of nitrogens with one attached hydrogen (secondary N) is 1. The van der Waals surface area contributed by atoms with Crippen LogP contribution in [0.1, 0.15) is 71.9 Å². The van der Waals surface area contributed by atoms with Gasteiger partial charge < -0.3 is 18.9 Å². The molecule has 2 unspecified atom stereocenters. The minimum absolute atomic E-state index is 0.00568. The zero-order chi connectivity index (χ0) is 22.2. The highest BCUT2D eigenvalue weighted by Gasteiger charge is 2.38. The van der Waals surface area contributed by atoms with Crippen molar-refractivity contribution in [3.8, 4) is 0 Å². The number of hydrogen-bond donors (Lipinski definition) is 1. The van der Waals surface area contributed by atoms with Gasteiger partial charge in [-0.15, -0.1) is 11.6 Å². The first-order chi connectivity index (χ1) is 14.7. The van der Waals surface area contributed by atoms with Gasteiger partial charge in [0.15, 0.2) is 5.69 Å². The summed E-state index contributed by atoms with van der Waals surface area (Å²) in [7, 11) is 0. The van der Waals surface area contributed by atoms with Crippen molar-refractivity contribution in [3.05, 3.63) is 53.5 Å². The normalized spacial score (nSPS) is 18.2. The maximum Gasteiger partial charge on any atom is 0.374 e. The third-order valence-electron chi connectivity index (χ3n) is 5.11. The zero-order valence-electron chi connectivity index (χ0n) is 17.7. The van der Waals surface area contributed by atoms with Crippen LogP contribution in [0.2, 0.25) is 0 Å².